The SMILES string of the molecule is Cc1cc(C(=O)Nc2ncccc2C)ccc1NC(=O)c1ccnn1C. The fourth-order valence-electron chi connectivity index (χ4n) is 2.52. The molecule has 1 aromatic carbocycles. The van der Waals surface area contributed by atoms with Gasteiger partial charge < -0.3 is 10.6 Å². The number of pyridine rings is 1. The molecule has 7 nitrogen and oxygen atoms in total. The van der Waals surface area contributed by atoms with Crippen molar-refractivity contribution in [2.24, 2.45) is 7.05 Å². The Kier molecular flexibility index (Phi) is 4.79. The summed E-state index contributed by atoms with van der Waals surface area (Å²) in [7, 11) is 1.70. The minimum Gasteiger partial charge on any atom is -0.320 e. The first-order chi connectivity index (χ1) is 12.5. The van der Waals surface area contributed by atoms with Crippen LogP contribution in [0.4, 0.5) is 11.5 Å². The lowest BCUT2D eigenvalue weighted by Gasteiger charge is -2.11. The Labute approximate surface area is 151 Å². The highest BCUT2D eigenvalue weighted by atomic mass is 16.2. The first-order valence-electron chi connectivity index (χ1n) is 8.08. The van der Waals surface area contributed by atoms with Gasteiger partial charge in [0.2, 0.25) is 0 Å². The van der Waals surface area contributed by atoms with Gasteiger partial charge in [-0.1, -0.05) is 6.07 Å². The van der Waals surface area contributed by atoms with Gasteiger partial charge in [-0.15, -0.1) is 0 Å². The molecule has 3 rings (SSSR count). The summed E-state index contributed by atoms with van der Waals surface area (Å²) in [5.41, 5.74) is 3.26. The van der Waals surface area contributed by atoms with E-state index in [1.165, 1.54) is 4.68 Å². The van der Waals surface area contributed by atoms with Crippen molar-refractivity contribution >= 4 is 23.3 Å². The van der Waals surface area contributed by atoms with E-state index >= 15 is 0 Å². The van der Waals surface area contributed by atoms with E-state index in [1.54, 1.807) is 43.7 Å². The molecule has 0 radical (unpaired) electrons. The molecule has 0 aliphatic rings. The van der Waals surface area contributed by atoms with E-state index in [2.05, 4.69) is 20.7 Å². The Balaban J connectivity index is 1.75. The molecule has 2 N–H and O–H groups in total. The van der Waals surface area contributed by atoms with Crippen LogP contribution in [-0.4, -0.2) is 26.6 Å². The Bertz CT molecular complexity index is 978. The standard InChI is InChI=1S/C19H19N5O2/c1-12-5-4-9-20-17(12)23-18(25)14-6-7-15(13(2)11-14)22-19(26)16-8-10-21-24(16)3/h4-11H,1-3H3,(H,22,26)(H,20,23,25). The third-order valence-electron chi connectivity index (χ3n) is 4.03. The van der Waals surface area contributed by atoms with E-state index in [0.717, 1.165) is 11.1 Å². The lowest BCUT2D eigenvalue weighted by molar-refractivity contribution is 0.101. The van der Waals surface area contributed by atoms with Crippen LogP contribution >= 0.6 is 0 Å². The summed E-state index contributed by atoms with van der Waals surface area (Å²) in [6, 6.07) is 10.4. The molecule has 2 amide bonds. The fourth-order valence-corrected chi connectivity index (χ4v) is 2.52. The maximum atomic E-state index is 12.4. The minimum absolute atomic E-state index is 0.251. The first-order valence-corrected chi connectivity index (χ1v) is 8.08. The van der Waals surface area contributed by atoms with E-state index in [1.807, 2.05) is 26.0 Å². The number of benzene rings is 1. The molecule has 0 aliphatic carbocycles. The summed E-state index contributed by atoms with van der Waals surface area (Å²) >= 11 is 0. The van der Waals surface area contributed by atoms with Gasteiger partial charge in [0.25, 0.3) is 11.8 Å². The van der Waals surface area contributed by atoms with Gasteiger partial charge in [0.05, 0.1) is 0 Å². The van der Waals surface area contributed by atoms with Crippen molar-refractivity contribution in [1.29, 1.82) is 0 Å². The van der Waals surface area contributed by atoms with Crippen molar-refractivity contribution in [3.8, 4) is 0 Å². The van der Waals surface area contributed by atoms with Crippen molar-refractivity contribution in [2.45, 2.75) is 13.8 Å². The molecule has 26 heavy (non-hydrogen) atoms. The number of anilines is 2. The molecule has 0 spiro atoms. The van der Waals surface area contributed by atoms with Gasteiger partial charge in [0.15, 0.2) is 0 Å². The molecule has 132 valence electrons. The van der Waals surface area contributed by atoms with Gasteiger partial charge in [0, 0.05) is 30.7 Å². The van der Waals surface area contributed by atoms with Crippen LogP contribution in [0.2, 0.25) is 0 Å². The van der Waals surface area contributed by atoms with Crippen LogP contribution in [0.3, 0.4) is 0 Å². The number of rotatable bonds is 4. The fraction of sp³-hybridized carbons (Fsp3) is 0.158. The zero-order valence-electron chi connectivity index (χ0n) is 14.8. The van der Waals surface area contributed by atoms with Crippen molar-refractivity contribution in [1.82, 2.24) is 14.8 Å². The summed E-state index contributed by atoms with van der Waals surface area (Å²) in [5, 5.41) is 9.61. The smallest absolute Gasteiger partial charge is 0.273 e. The summed E-state index contributed by atoms with van der Waals surface area (Å²) in [6.07, 6.45) is 3.19. The van der Waals surface area contributed by atoms with E-state index in [0.29, 0.717) is 22.8 Å². The average molecular weight is 349 g/mol. The number of hydrogen-bond acceptors (Lipinski definition) is 4. The lowest BCUT2D eigenvalue weighted by Crippen LogP contribution is -2.17. The van der Waals surface area contributed by atoms with Gasteiger partial charge in [-0.3, -0.25) is 14.3 Å². The van der Waals surface area contributed by atoms with Crippen LogP contribution in [0.5, 0.6) is 0 Å². The number of aryl methyl sites for hydroxylation is 3. The molecule has 2 aromatic heterocycles. The van der Waals surface area contributed by atoms with Crippen LogP contribution in [0.25, 0.3) is 0 Å². The van der Waals surface area contributed by atoms with Gasteiger partial charge in [-0.25, -0.2) is 4.98 Å². The molecule has 0 aliphatic heterocycles. The minimum atomic E-state index is -0.255. The van der Waals surface area contributed by atoms with E-state index in [4.69, 9.17) is 0 Å². The zero-order chi connectivity index (χ0) is 18.7. The van der Waals surface area contributed by atoms with Gasteiger partial charge >= 0.3 is 0 Å². The summed E-state index contributed by atoms with van der Waals surface area (Å²) in [6.45, 7) is 3.71. The van der Waals surface area contributed by atoms with Gasteiger partial charge in [-0.2, -0.15) is 5.10 Å². The summed E-state index contributed by atoms with van der Waals surface area (Å²) in [4.78, 5) is 28.9. The van der Waals surface area contributed by atoms with E-state index in [-0.39, 0.29) is 11.8 Å². The molecule has 0 bridgehead atoms. The third-order valence-corrected chi connectivity index (χ3v) is 4.03. The monoisotopic (exact) mass is 349 g/mol. The van der Waals surface area contributed by atoms with Crippen LogP contribution in [0.1, 0.15) is 32.0 Å². The second kappa shape index (κ2) is 7.18. The highest BCUT2D eigenvalue weighted by molar-refractivity contribution is 6.06. The number of nitrogens with zero attached hydrogens (tertiary/aromatic N) is 3. The molecule has 7 heteroatoms. The molecule has 0 saturated heterocycles. The van der Waals surface area contributed by atoms with Crippen molar-refractivity contribution in [3.63, 3.8) is 0 Å². The molecule has 0 saturated carbocycles. The Hall–Kier alpha value is -3.48. The largest absolute Gasteiger partial charge is 0.320 e. The van der Waals surface area contributed by atoms with Crippen LogP contribution in [0.15, 0.2) is 48.8 Å². The van der Waals surface area contributed by atoms with E-state index in [9.17, 15) is 9.59 Å². The van der Waals surface area contributed by atoms with E-state index < -0.39 is 0 Å². The number of amides is 2. The normalized spacial score (nSPS) is 10.4. The van der Waals surface area contributed by atoms with Crippen LogP contribution < -0.4 is 10.6 Å². The molecule has 0 atom stereocenters. The van der Waals surface area contributed by atoms with Crippen molar-refractivity contribution in [2.75, 3.05) is 10.6 Å². The second-order valence-corrected chi connectivity index (χ2v) is 5.95. The second-order valence-electron chi connectivity index (χ2n) is 5.95. The maximum Gasteiger partial charge on any atom is 0.273 e. The molecule has 0 unspecified atom stereocenters. The summed E-state index contributed by atoms with van der Waals surface area (Å²) < 4.78 is 1.50. The topological polar surface area (TPSA) is 88.9 Å². The predicted molar refractivity (Wildman–Crippen MR) is 99.3 cm³/mol. The Morgan fingerprint density at radius 3 is 2.42 bits per heavy atom. The lowest BCUT2D eigenvalue weighted by atomic mass is 10.1. The quantitative estimate of drug-likeness (QED) is 0.758. The molecule has 0 fully saturated rings. The van der Waals surface area contributed by atoms with Crippen LogP contribution in [0, 0.1) is 13.8 Å². The van der Waals surface area contributed by atoms with Crippen molar-refractivity contribution < 1.29 is 9.59 Å². The predicted octanol–water partition coefficient (Wildman–Crippen LogP) is 2.94. The van der Waals surface area contributed by atoms with Crippen molar-refractivity contribution in [3.05, 3.63) is 71.2 Å². The first kappa shape index (κ1) is 17.3. The van der Waals surface area contributed by atoms with Gasteiger partial charge in [-0.05, 0) is 55.3 Å². The summed E-state index contributed by atoms with van der Waals surface area (Å²) in [5.74, 6) is 0.0255. The van der Waals surface area contributed by atoms with Gasteiger partial charge in [0.1, 0.15) is 11.5 Å². The zero-order valence-corrected chi connectivity index (χ0v) is 14.8. The Morgan fingerprint density at radius 2 is 1.77 bits per heavy atom. The average Bonchev–Trinajstić information content (AvgIpc) is 3.04. The molecule has 2 heterocycles. The number of aromatic nitrogens is 3. The molecular formula is C19H19N5O2. The highest BCUT2D eigenvalue weighted by Crippen LogP contribution is 2.19. The number of carbonyl (C=O) groups excluding carboxylic acids is 2. The molecule has 3 aromatic rings. The van der Waals surface area contributed by atoms with Crippen LogP contribution in [-0.2, 0) is 7.05 Å². The number of nitrogens with one attached hydrogen (secondary N) is 2. The molecular weight excluding hydrogens is 330 g/mol. The number of carbonyl (C=O) groups is 2. The number of hydrogen-bond donors (Lipinski definition) is 2. The highest BCUT2D eigenvalue weighted by Gasteiger charge is 2.13. The Morgan fingerprint density at radius 1 is 0.962 bits per heavy atom. The third kappa shape index (κ3) is 3.61. The maximum absolute atomic E-state index is 12.4.